The first-order valence-corrected chi connectivity index (χ1v) is 4.52. The Hall–Kier alpha value is -2.57. The van der Waals surface area contributed by atoms with Gasteiger partial charge in [0.1, 0.15) is 12.4 Å². The van der Waals surface area contributed by atoms with Crippen LogP contribution in [0.5, 0.6) is 0 Å². The fraction of sp³-hybridized carbons (Fsp3) is 0.100. The van der Waals surface area contributed by atoms with Crippen molar-refractivity contribution < 1.29 is 24.2 Å². The molecule has 1 amide bonds. The van der Waals surface area contributed by atoms with E-state index in [9.17, 15) is 14.4 Å². The van der Waals surface area contributed by atoms with E-state index in [4.69, 9.17) is 5.11 Å². The minimum Gasteiger partial charge on any atom is -0.478 e. The quantitative estimate of drug-likeness (QED) is 0.439. The molecule has 0 saturated heterocycles. The lowest BCUT2D eigenvalue weighted by atomic mass is 10.2. The molecular weight excluding hydrogens is 228 g/mol. The molecule has 1 rings (SSSR count). The molecule has 0 spiro atoms. The molecular formula is C10H10N2O5. The number of carbonyl (C=O) groups is 3. The zero-order valence-electron chi connectivity index (χ0n) is 8.73. The van der Waals surface area contributed by atoms with Gasteiger partial charge in [-0.15, -0.1) is 0 Å². The smallest absolute Gasteiger partial charge is 0.331 e. The summed E-state index contributed by atoms with van der Waals surface area (Å²) in [5.74, 6) is -2.19. The fourth-order valence-electron chi connectivity index (χ4n) is 0.937. The summed E-state index contributed by atoms with van der Waals surface area (Å²) in [7, 11) is 0. The van der Waals surface area contributed by atoms with Crippen LogP contribution in [-0.2, 0) is 19.1 Å². The van der Waals surface area contributed by atoms with Crippen LogP contribution < -0.4 is 10.6 Å². The van der Waals surface area contributed by atoms with Gasteiger partial charge < -0.3 is 20.5 Å². The lowest BCUT2D eigenvalue weighted by Crippen LogP contribution is -2.36. The molecule has 3 N–H and O–H groups in total. The van der Waals surface area contributed by atoms with Gasteiger partial charge in [-0.25, -0.2) is 9.59 Å². The lowest BCUT2D eigenvalue weighted by molar-refractivity contribution is -0.138. The summed E-state index contributed by atoms with van der Waals surface area (Å²) in [4.78, 5) is 32.4. The van der Waals surface area contributed by atoms with Gasteiger partial charge in [0.15, 0.2) is 0 Å². The number of amides is 1. The van der Waals surface area contributed by atoms with Crippen molar-refractivity contribution in [3.05, 3.63) is 36.3 Å². The summed E-state index contributed by atoms with van der Waals surface area (Å²) in [5, 5.41) is 13.3. The highest BCUT2D eigenvalue weighted by atomic mass is 16.5. The second-order valence-corrected chi connectivity index (χ2v) is 3.03. The number of nitrogens with one attached hydrogen (secondary N) is 2. The van der Waals surface area contributed by atoms with Crippen LogP contribution in [0.4, 0.5) is 0 Å². The number of carboxylic acid groups (broad SMARTS) is 1. The van der Waals surface area contributed by atoms with Crippen LogP contribution in [0, 0.1) is 0 Å². The Labute approximate surface area is 96.4 Å². The molecule has 0 aromatic carbocycles. The third-order valence-corrected chi connectivity index (χ3v) is 1.71. The number of hydrogen-bond donors (Lipinski definition) is 3. The number of aliphatic carboxylic acids is 1. The third kappa shape index (κ3) is 4.20. The number of carbonyl (C=O) groups excluding carboxylic acids is 2. The molecule has 7 nitrogen and oxygen atoms in total. The molecule has 0 aromatic heterocycles. The summed E-state index contributed by atoms with van der Waals surface area (Å²) in [6.45, 7) is 3.22. The van der Waals surface area contributed by atoms with Gasteiger partial charge in [-0.2, -0.15) is 0 Å². The van der Waals surface area contributed by atoms with E-state index in [0.29, 0.717) is 11.9 Å². The maximum atomic E-state index is 11.3. The van der Waals surface area contributed by atoms with Crippen molar-refractivity contribution in [2.24, 2.45) is 0 Å². The highest BCUT2D eigenvalue weighted by molar-refractivity contribution is 5.96. The highest BCUT2D eigenvalue weighted by Gasteiger charge is 2.16. The molecule has 0 aliphatic carbocycles. The summed E-state index contributed by atoms with van der Waals surface area (Å²) in [6, 6.07) is 0. The fourth-order valence-corrected chi connectivity index (χ4v) is 0.937. The van der Waals surface area contributed by atoms with E-state index in [1.54, 1.807) is 0 Å². The van der Waals surface area contributed by atoms with E-state index < -0.39 is 17.8 Å². The maximum Gasteiger partial charge on any atom is 0.331 e. The average Bonchev–Trinajstić information content (AvgIpc) is 2.25. The normalized spacial score (nSPS) is 14.9. The van der Waals surface area contributed by atoms with Crippen LogP contribution in [0.3, 0.4) is 0 Å². The molecule has 0 aromatic rings. The van der Waals surface area contributed by atoms with Gasteiger partial charge in [-0.05, 0) is 0 Å². The minimum absolute atomic E-state index is 0.203. The topological polar surface area (TPSA) is 105 Å². The first-order valence-electron chi connectivity index (χ1n) is 4.52. The largest absolute Gasteiger partial charge is 0.478 e. The molecule has 7 heteroatoms. The number of ether oxygens (including phenoxy) is 1. The number of esters is 1. The lowest BCUT2D eigenvalue weighted by Gasteiger charge is -2.16. The van der Waals surface area contributed by atoms with Gasteiger partial charge in [-0.1, -0.05) is 6.58 Å². The Morgan fingerprint density at radius 2 is 2.18 bits per heavy atom. The summed E-state index contributed by atoms with van der Waals surface area (Å²) in [5.41, 5.74) is 0.203. The van der Waals surface area contributed by atoms with Gasteiger partial charge in [0.05, 0.1) is 5.57 Å². The molecule has 17 heavy (non-hydrogen) atoms. The first kappa shape index (κ1) is 12.5. The van der Waals surface area contributed by atoms with Crippen molar-refractivity contribution in [3.8, 4) is 0 Å². The van der Waals surface area contributed by atoms with Gasteiger partial charge >= 0.3 is 11.9 Å². The molecule has 0 fully saturated rings. The Morgan fingerprint density at radius 3 is 2.76 bits per heavy atom. The van der Waals surface area contributed by atoms with Crippen molar-refractivity contribution in [1.29, 1.82) is 0 Å². The van der Waals surface area contributed by atoms with Crippen LogP contribution in [0.25, 0.3) is 0 Å². The van der Waals surface area contributed by atoms with E-state index in [1.807, 2.05) is 0 Å². The van der Waals surface area contributed by atoms with E-state index in [2.05, 4.69) is 21.9 Å². The predicted octanol–water partition coefficient (Wildman–Crippen LogP) is -0.755. The van der Waals surface area contributed by atoms with E-state index in [0.717, 1.165) is 6.08 Å². The first-order chi connectivity index (χ1) is 7.99. The molecule has 0 bridgehead atoms. The van der Waals surface area contributed by atoms with Crippen LogP contribution in [0.1, 0.15) is 0 Å². The predicted molar refractivity (Wildman–Crippen MR) is 56.2 cm³/mol. The zero-order chi connectivity index (χ0) is 12.8. The summed E-state index contributed by atoms with van der Waals surface area (Å²) < 4.78 is 4.65. The molecule has 0 unspecified atom stereocenters. The average molecular weight is 238 g/mol. The standard InChI is InChI=1S/C10H10N2O5/c1-6-11-4-7(10(16)12-6)5-17-9(15)3-2-8(13)14/h2-4,11H,1,5H2,(H,12,16)(H,13,14)/b3-2+. The molecule has 90 valence electrons. The monoisotopic (exact) mass is 238 g/mol. The van der Waals surface area contributed by atoms with E-state index in [-0.39, 0.29) is 12.2 Å². The van der Waals surface area contributed by atoms with E-state index >= 15 is 0 Å². The molecule has 0 saturated carbocycles. The zero-order valence-corrected chi connectivity index (χ0v) is 8.73. The minimum atomic E-state index is -1.26. The highest BCUT2D eigenvalue weighted by Crippen LogP contribution is 2.01. The second kappa shape index (κ2) is 5.50. The number of hydrogen-bond acceptors (Lipinski definition) is 5. The van der Waals surface area contributed by atoms with Gasteiger partial charge in [0, 0.05) is 18.4 Å². The third-order valence-electron chi connectivity index (χ3n) is 1.71. The van der Waals surface area contributed by atoms with Gasteiger partial charge in [-0.3, -0.25) is 4.79 Å². The van der Waals surface area contributed by atoms with Crippen molar-refractivity contribution in [3.63, 3.8) is 0 Å². The number of rotatable bonds is 4. The van der Waals surface area contributed by atoms with Crippen molar-refractivity contribution in [2.45, 2.75) is 0 Å². The summed E-state index contributed by atoms with van der Waals surface area (Å²) in [6.07, 6.45) is 2.77. The molecule has 0 radical (unpaired) electrons. The SMILES string of the molecule is C=C1NC=C(COC(=O)/C=C/C(=O)O)C(=O)N1. The Bertz CT molecular complexity index is 436. The van der Waals surface area contributed by atoms with Crippen molar-refractivity contribution in [1.82, 2.24) is 10.6 Å². The Kier molecular flexibility index (Phi) is 4.04. The van der Waals surface area contributed by atoms with Crippen LogP contribution in [0.2, 0.25) is 0 Å². The van der Waals surface area contributed by atoms with Gasteiger partial charge in [0.2, 0.25) is 0 Å². The molecule has 1 aliphatic rings. The van der Waals surface area contributed by atoms with Gasteiger partial charge in [0.25, 0.3) is 5.91 Å². The second-order valence-electron chi connectivity index (χ2n) is 3.03. The van der Waals surface area contributed by atoms with Crippen molar-refractivity contribution in [2.75, 3.05) is 6.61 Å². The van der Waals surface area contributed by atoms with Crippen LogP contribution >= 0.6 is 0 Å². The van der Waals surface area contributed by atoms with Crippen LogP contribution in [-0.4, -0.2) is 29.6 Å². The number of carboxylic acids is 1. The Balaban J connectivity index is 2.46. The van der Waals surface area contributed by atoms with E-state index in [1.165, 1.54) is 6.20 Å². The van der Waals surface area contributed by atoms with Crippen LogP contribution in [0.15, 0.2) is 36.3 Å². The molecule has 0 atom stereocenters. The maximum absolute atomic E-state index is 11.3. The molecule has 1 aliphatic heterocycles. The van der Waals surface area contributed by atoms with Crippen molar-refractivity contribution >= 4 is 17.8 Å². The Morgan fingerprint density at radius 1 is 1.47 bits per heavy atom. The summed E-state index contributed by atoms with van der Waals surface area (Å²) >= 11 is 0. The molecule has 1 heterocycles.